The van der Waals surface area contributed by atoms with Gasteiger partial charge in [-0.3, -0.25) is 0 Å². The first-order chi connectivity index (χ1) is 27.5. The zero-order valence-corrected chi connectivity index (χ0v) is 35.6. The molecule has 0 saturated heterocycles. The molecule has 0 atom stereocenters. The lowest BCUT2D eigenvalue weighted by atomic mass is 9.82. The Morgan fingerprint density at radius 2 is 0.966 bits per heavy atom. The lowest BCUT2D eigenvalue weighted by molar-refractivity contribution is 0.573. The number of anilines is 3. The zero-order valence-electron chi connectivity index (χ0n) is 35.6. The van der Waals surface area contributed by atoms with Crippen molar-refractivity contribution in [2.45, 2.75) is 90.9 Å². The maximum atomic E-state index is 7.25. The quantitative estimate of drug-likeness (QED) is 0.178. The Morgan fingerprint density at radius 3 is 1.50 bits per heavy atom. The van der Waals surface area contributed by atoms with Gasteiger partial charge in [0.2, 0.25) is 0 Å². The average molecular weight is 756 g/mol. The summed E-state index contributed by atoms with van der Waals surface area (Å²) in [7, 11) is 0. The van der Waals surface area contributed by atoms with Gasteiger partial charge in [0.15, 0.2) is 5.58 Å². The van der Waals surface area contributed by atoms with Crippen molar-refractivity contribution in [3.05, 3.63) is 173 Å². The summed E-state index contributed by atoms with van der Waals surface area (Å²) in [5.41, 5.74) is 20.4. The Labute approximate surface area is 344 Å². The molecule has 0 saturated carbocycles. The third kappa shape index (κ3) is 5.37. The van der Waals surface area contributed by atoms with Gasteiger partial charge in [-0.2, -0.15) is 0 Å². The summed E-state index contributed by atoms with van der Waals surface area (Å²) in [5.74, 6) is 0. The second-order valence-corrected chi connectivity index (χ2v) is 19.9. The van der Waals surface area contributed by atoms with Crippen molar-refractivity contribution in [1.29, 1.82) is 0 Å². The smallest absolute Gasteiger partial charge is 0.159 e. The van der Waals surface area contributed by atoms with E-state index in [-0.39, 0.29) is 21.7 Å². The second-order valence-electron chi connectivity index (χ2n) is 19.9. The Morgan fingerprint density at radius 1 is 0.431 bits per heavy atom. The summed E-state index contributed by atoms with van der Waals surface area (Å²) in [4.78, 5) is 2.48. The molecule has 2 aliphatic carbocycles. The van der Waals surface area contributed by atoms with Gasteiger partial charge in [0, 0.05) is 38.5 Å². The van der Waals surface area contributed by atoms with Gasteiger partial charge in [-0.25, -0.2) is 0 Å². The van der Waals surface area contributed by atoms with Crippen LogP contribution in [-0.2, 0) is 21.7 Å². The first kappa shape index (κ1) is 36.5. The minimum absolute atomic E-state index is 0.0660. The van der Waals surface area contributed by atoms with E-state index in [1.54, 1.807) is 0 Å². The summed E-state index contributed by atoms with van der Waals surface area (Å²) >= 11 is 0. The maximum absolute atomic E-state index is 7.25. The van der Waals surface area contributed by atoms with Crippen molar-refractivity contribution in [1.82, 2.24) is 0 Å². The molecule has 0 radical (unpaired) electrons. The highest BCUT2D eigenvalue weighted by Crippen LogP contribution is 2.54. The molecule has 0 fully saturated rings. The highest BCUT2D eigenvalue weighted by molar-refractivity contribution is 6.13. The van der Waals surface area contributed by atoms with Gasteiger partial charge in [0.05, 0.1) is 5.69 Å². The molecule has 0 aliphatic heterocycles. The van der Waals surface area contributed by atoms with Crippen LogP contribution >= 0.6 is 0 Å². The first-order valence-corrected chi connectivity index (χ1v) is 20.9. The number of hydrogen-bond donors (Lipinski definition) is 0. The molecule has 0 spiro atoms. The second kappa shape index (κ2) is 12.3. The average Bonchev–Trinajstić information content (AvgIpc) is 3.77. The van der Waals surface area contributed by atoms with Gasteiger partial charge in [0.1, 0.15) is 5.58 Å². The normalized spacial score (nSPS) is 15.0. The van der Waals surface area contributed by atoms with E-state index < -0.39 is 0 Å². The molecule has 288 valence electrons. The SMILES string of the molecule is CC(C)(C)c1ccc(-c2cc(N(c3ccc4c(c3)C(C)(C)c3ccccc3-4)c3ccc4c(c3)C(C)(C)c3ccccc3-4)c3oc4c(C(C)(C)C)cccc4c3c2)cc1. The fourth-order valence-electron chi connectivity index (χ4n) is 10.1. The van der Waals surface area contributed by atoms with Crippen molar-refractivity contribution >= 4 is 39.0 Å². The molecule has 8 aromatic rings. The standard InChI is InChI=1S/C56H53NO/c1-53(2,3)36-24-22-34(23-25-36)35-30-44-43-18-15-21-47(54(4,5)6)51(43)58-52(44)50(31-35)57(37-26-28-41-39-16-11-13-19-45(39)55(7,8)48(41)32-37)38-27-29-42-40-17-12-14-20-46(40)56(9,10)49(42)33-38/h11-33H,1-10H3. The van der Waals surface area contributed by atoms with Crippen LogP contribution < -0.4 is 4.90 Å². The van der Waals surface area contributed by atoms with E-state index in [1.807, 2.05) is 0 Å². The van der Waals surface area contributed by atoms with E-state index in [9.17, 15) is 0 Å². The molecule has 2 heteroatoms. The molecular formula is C56H53NO. The third-order valence-corrected chi connectivity index (χ3v) is 13.4. The minimum atomic E-state index is -0.151. The van der Waals surface area contributed by atoms with Gasteiger partial charge < -0.3 is 9.32 Å². The third-order valence-electron chi connectivity index (χ3n) is 13.4. The summed E-state index contributed by atoms with van der Waals surface area (Å²) in [6.45, 7) is 23.1. The van der Waals surface area contributed by atoms with Gasteiger partial charge in [-0.1, -0.05) is 172 Å². The fourth-order valence-corrected chi connectivity index (χ4v) is 10.1. The molecule has 2 nitrogen and oxygen atoms in total. The summed E-state index contributed by atoms with van der Waals surface area (Å²) in [5, 5.41) is 2.27. The van der Waals surface area contributed by atoms with Crippen molar-refractivity contribution in [3.63, 3.8) is 0 Å². The van der Waals surface area contributed by atoms with E-state index >= 15 is 0 Å². The Kier molecular flexibility index (Phi) is 7.75. The fraction of sp³-hybridized carbons (Fsp3) is 0.250. The van der Waals surface area contributed by atoms with Crippen molar-refractivity contribution in [3.8, 4) is 33.4 Å². The van der Waals surface area contributed by atoms with Crippen molar-refractivity contribution < 1.29 is 4.42 Å². The molecule has 1 aromatic heterocycles. The number of furan rings is 1. The molecule has 1 heterocycles. The van der Waals surface area contributed by atoms with Crippen LogP contribution in [0.15, 0.2) is 144 Å². The summed E-state index contributed by atoms with van der Waals surface area (Å²) in [6.07, 6.45) is 0. The van der Waals surface area contributed by atoms with Crippen LogP contribution in [0.4, 0.5) is 17.1 Å². The van der Waals surface area contributed by atoms with Crippen molar-refractivity contribution in [2.24, 2.45) is 0 Å². The van der Waals surface area contributed by atoms with Crippen LogP contribution in [0.3, 0.4) is 0 Å². The predicted octanol–water partition coefficient (Wildman–Crippen LogP) is 15.9. The Hall–Kier alpha value is -5.86. The number of nitrogens with zero attached hydrogens (tertiary/aromatic N) is 1. The predicted molar refractivity (Wildman–Crippen MR) is 246 cm³/mol. The van der Waals surface area contributed by atoms with Crippen LogP contribution in [0, 0.1) is 0 Å². The molecule has 0 N–H and O–H groups in total. The zero-order chi connectivity index (χ0) is 40.5. The minimum Gasteiger partial charge on any atom is -0.454 e. The van der Waals surface area contributed by atoms with Crippen LogP contribution in [0.2, 0.25) is 0 Å². The van der Waals surface area contributed by atoms with E-state index in [1.165, 1.54) is 66.8 Å². The topological polar surface area (TPSA) is 16.4 Å². The number of rotatable bonds is 4. The van der Waals surface area contributed by atoms with E-state index in [0.29, 0.717) is 0 Å². The summed E-state index contributed by atoms with van der Waals surface area (Å²) < 4.78 is 7.25. The molecular weight excluding hydrogens is 703 g/mol. The molecule has 2 aliphatic rings. The Bertz CT molecular complexity index is 2850. The number of hydrogen-bond acceptors (Lipinski definition) is 2. The van der Waals surface area contributed by atoms with Gasteiger partial charge in [-0.15, -0.1) is 0 Å². The summed E-state index contributed by atoms with van der Waals surface area (Å²) in [6, 6.07) is 52.6. The van der Waals surface area contributed by atoms with E-state index in [4.69, 9.17) is 4.42 Å². The van der Waals surface area contributed by atoms with Gasteiger partial charge in [-0.05, 0) is 108 Å². The first-order valence-electron chi connectivity index (χ1n) is 20.9. The number of para-hydroxylation sites is 1. The Balaban J connectivity index is 1.28. The van der Waals surface area contributed by atoms with E-state index in [2.05, 4.69) is 214 Å². The van der Waals surface area contributed by atoms with Crippen LogP contribution in [0.1, 0.15) is 103 Å². The highest BCUT2D eigenvalue weighted by Gasteiger charge is 2.38. The van der Waals surface area contributed by atoms with Gasteiger partial charge in [0.25, 0.3) is 0 Å². The molecule has 0 amide bonds. The molecule has 7 aromatic carbocycles. The largest absolute Gasteiger partial charge is 0.454 e. The van der Waals surface area contributed by atoms with E-state index in [0.717, 1.165) is 39.0 Å². The lowest BCUT2D eigenvalue weighted by Crippen LogP contribution is -2.18. The molecule has 58 heavy (non-hydrogen) atoms. The molecule has 0 unspecified atom stereocenters. The maximum Gasteiger partial charge on any atom is 0.159 e. The molecule has 10 rings (SSSR count). The molecule has 0 bridgehead atoms. The number of fused-ring (bicyclic) bond motifs is 9. The van der Waals surface area contributed by atoms with Crippen molar-refractivity contribution in [2.75, 3.05) is 4.90 Å². The monoisotopic (exact) mass is 755 g/mol. The lowest BCUT2D eigenvalue weighted by Gasteiger charge is -2.30. The van der Waals surface area contributed by atoms with Crippen LogP contribution in [0.5, 0.6) is 0 Å². The van der Waals surface area contributed by atoms with Gasteiger partial charge >= 0.3 is 0 Å². The van der Waals surface area contributed by atoms with Crippen LogP contribution in [-0.4, -0.2) is 0 Å². The highest BCUT2D eigenvalue weighted by atomic mass is 16.3. The van der Waals surface area contributed by atoms with Crippen LogP contribution in [0.25, 0.3) is 55.3 Å². The number of benzene rings is 7.